The molecule has 0 aliphatic heterocycles. The van der Waals surface area contributed by atoms with Gasteiger partial charge in [-0.05, 0) is 36.8 Å². The molecule has 0 saturated heterocycles. The Kier molecular flexibility index (Phi) is 6.84. The van der Waals surface area contributed by atoms with Crippen LogP contribution in [0, 0.1) is 12.7 Å². The predicted octanol–water partition coefficient (Wildman–Crippen LogP) is 4.13. The molecule has 3 rings (SSSR count). The summed E-state index contributed by atoms with van der Waals surface area (Å²) in [6.07, 6.45) is 3.29. The smallest absolute Gasteiger partial charge is 0.266 e. The van der Waals surface area contributed by atoms with E-state index in [0.29, 0.717) is 40.4 Å². The molecule has 1 aromatic heterocycles. The number of benzene rings is 2. The molecule has 0 atom stereocenters. The highest BCUT2D eigenvalue weighted by molar-refractivity contribution is 7.99. The number of para-hydroxylation sites is 1. The number of rotatable bonds is 8. The summed E-state index contributed by atoms with van der Waals surface area (Å²) in [5.41, 5.74) is 1.06. The van der Waals surface area contributed by atoms with Crippen LogP contribution < -0.4 is 5.56 Å². The van der Waals surface area contributed by atoms with Gasteiger partial charge in [0.1, 0.15) is 5.82 Å². The molecule has 0 N–H and O–H groups in total. The molecule has 154 valence electrons. The minimum absolute atomic E-state index is 0.0702. The summed E-state index contributed by atoms with van der Waals surface area (Å²) in [6.45, 7) is 9.79. The number of amides is 1. The molecule has 1 amide bonds. The number of aromatic nitrogens is 2. The van der Waals surface area contributed by atoms with Gasteiger partial charge in [-0.15, -0.1) is 13.2 Å². The van der Waals surface area contributed by atoms with Crippen molar-refractivity contribution in [2.75, 3.05) is 18.8 Å². The third-order valence-corrected chi connectivity index (χ3v) is 5.46. The highest BCUT2D eigenvalue weighted by Gasteiger charge is 2.17. The first-order valence-electron chi connectivity index (χ1n) is 9.37. The van der Waals surface area contributed by atoms with Crippen molar-refractivity contribution in [3.05, 3.63) is 89.5 Å². The SMILES string of the molecule is C=CCN(CC=C)C(=O)CSc1nc2ccccc2c(=O)n1-c1ccc(C)c(F)c1. The van der Waals surface area contributed by atoms with Crippen LogP contribution in [0.2, 0.25) is 0 Å². The molecule has 0 radical (unpaired) electrons. The third kappa shape index (κ3) is 4.52. The molecule has 0 aliphatic carbocycles. The van der Waals surface area contributed by atoms with Gasteiger partial charge in [-0.1, -0.05) is 42.1 Å². The Bertz CT molecular complexity index is 1160. The first-order chi connectivity index (χ1) is 14.5. The third-order valence-electron chi connectivity index (χ3n) is 4.53. The molecular weight excluding hydrogens is 401 g/mol. The number of aryl methyl sites for hydroxylation is 1. The van der Waals surface area contributed by atoms with Crippen LogP contribution in [0.25, 0.3) is 16.6 Å². The minimum atomic E-state index is -0.414. The summed E-state index contributed by atoms with van der Waals surface area (Å²) >= 11 is 1.14. The van der Waals surface area contributed by atoms with Gasteiger partial charge in [0.25, 0.3) is 5.56 Å². The van der Waals surface area contributed by atoms with Crippen molar-refractivity contribution >= 4 is 28.6 Å². The maximum absolute atomic E-state index is 14.2. The largest absolute Gasteiger partial charge is 0.335 e. The fourth-order valence-electron chi connectivity index (χ4n) is 2.97. The van der Waals surface area contributed by atoms with E-state index in [9.17, 15) is 14.0 Å². The summed E-state index contributed by atoms with van der Waals surface area (Å²) in [7, 11) is 0. The zero-order valence-corrected chi connectivity index (χ0v) is 17.5. The van der Waals surface area contributed by atoms with Gasteiger partial charge in [-0.2, -0.15) is 0 Å². The predicted molar refractivity (Wildman–Crippen MR) is 120 cm³/mol. The first kappa shape index (κ1) is 21.5. The number of thioether (sulfide) groups is 1. The average molecular weight is 424 g/mol. The number of nitrogens with zero attached hydrogens (tertiary/aromatic N) is 3. The highest BCUT2D eigenvalue weighted by Crippen LogP contribution is 2.23. The van der Waals surface area contributed by atoms with E-state index in [2.05, 4.69) is 18.1 Å². The standard InChI is InChI=1S/C23H22FN3O2S/c1-4-12-26(13-5-2)21(28)15-30-23-25-20-9-7-6-8-18(20)22(29)27(23)17-11-10-16(3)19(24)14-17/h4-11,14H,1-2,12-13,15H2,3H3. The molecule has 0 saturated carbocycles. The second-order valence-corrected chi connectivity index (χ2v) is 7.59. The summed E-state index contributed by atoms with van der Waals surface area (Å²) in [4.78, 5) is 32.0. The molecule has 7 heteroatoms. The van der Waals surface area contributed by atoms with Crippen LogP contribution in [0.15, 0.2) is 77.7 Å². The summed E-state index contributed by atoms with van der Waals surface area (Å²) in [5, 5.41) is 0.751. The van der Waals surface area contributed by atoms with Crippen molar-refractivity contribution in [1.82, 2.24) is 14.5 Å². The van der Waals surface area contributed by atoms with Crippen molar-refractivity contribution in [1.29, 1.82) is 0 Å². The molecular formula is C23H22FN3O2S. The maximum Gasteiger partial charge on any atom is 0.266 e. The Morgan fingerprint density at radius 2 is 1.90 bits per heavy atom. The first-order valence-corrected chi connectivity index (χ1v) is 10.4. The Morgan fingerprint density at radius 3 is 2.57 bits per heavy atom. The van der Waals surface area contributed by atoms with Crippen LogP contribution in [-0.2, 0) is 4.79 Å². The van der Waals surface area contributed by atoms with Crippen LogP contribution in [0.5, 0.6) is 0 Å². The highest BCUT2D eigenvalue weighted by atomic mass is 32.2. The maximum atomic E-state index is 14.2. The van der Waals surface area contributed by atoms with Gasteiger partial charge in [0.05, 0.1) is 22.3 Å². The quantitative estimate of drug-likeness (QED) is 0.311. The number of hydrogen-bond acceptors (Lipinski definition) is 4. The van der Waals surface area contributed by atoms with E-state index < -0.39 is 5.82 Å². The topological polar surface area (TPSA) is 55.2 Å². The Hall–Kier alpha value is -3.19. The van der Waals surface area contributed by atoms with Crippen LogP contribution >= 0.6 is 11.8 Å². The van der Waals surface area contributed by atoms with Crippen molar-refractivity contribution in [3.63, 3.8) is 0 Å². The van der Waals surface area contributed by atoms with E-state index in [0.717, 1.165) is 11.8 Å². The minimum Gasteiger partial charge on any atom is -0.335 e. The molecule has 0 spiro atoms. The molecule has 30 heavy (non-hydrogen) atoms. The molecule has 0 bridgehead atoms. The van der Waals surface area contributed by atoms with Crippen LogP contribution in [0.3, 0.4) is 0 Å². The molecule has 2 aromatic carbocycles. The van der Waals surface area contributed by atoms with E-state index >= 15 is 0 Å². The second kappa shape index (κ2) is 9.54. The zero-order valence-electron chi connectivity index (χ0n) is 16.7. The van der Waals surface area contributed by atoms with Crippen molar-refractivity contribution in [3.8, 4) is 5.69 Å². The van der Waals surface area contributed by atoms with Gasteiger partial charge < -0.3 is 4.90 Å². The van der Waals surface area contributed by atoms with Gasteiger partial charge in [0, 0.05) is 13.1 Å². The average Bonchev–Trinajstić information content (AvgIpc) is 2.74. The van der Waals surface area contributed by atoms with Crippen LogP contribution in [0.1, 0.15) is 5.56 Å². The summed E-state index contributed by atoms with van der Waals surface area (Å²) < 4.78 is 15.6. The summed E-state index contributed by atoms with van der Waals surface area (Å²) in [6, 6.07) is 11.6. The van der Waals surface area contributed by atoms with Crippen LogP contribution in [-0.4, -0.2) is 39.2 Å². The lowest BCUT2D eigenvalue weighted by Gasteiger charge is -2.19. The monoisotopic (exact) mass is 423 g/mol. The molecule has 5 nitrogen and oxygen atoms in total. The molecule has 1 heterocycles. The van der Waals surface area contributed by atoms with E-state index in [1.165, 1.54) is 10.6 Å². The van der Waals surface area contributed by atoms with E-state index in [1.54, 1.807) is 60.4 Å². The van der Waals surface area contributed by atoms with Crippen LogP contribution in [0.4, 0.5) is 4.39 Å². The Labute approximate surface area is 178 Å². The van der Waals surface area contributed by atoms with Gasteiger partial charge in [0.2, 0.25) is 5.91 Å². The lowest BCUT2D eigenvalue weighted by atomic mass is 10.2. The number of carbonyl (C=O) groups is 1. The van der Waals surface area contributed by atoms with E-state index in [-0.39, 0.29) is 17.2 Å². The molecule has 0 aliphatic rings. The van der Waals surface area contributed by atoms with Gasteiger partial charge in [-0.25, -0.2) is 9.37 Å². The number of fused-ring (bicyclic) bond motifs is 1. The molecule has 0 unspecified atom stereocenters. The van der Waals surface area contributed by atoms with Gasteiger partial charge >= 0.3 is 0 Å². The number of halogens is 1. The van der Waals surface area contributed by atoms with Gasteiger partial charge in [-0.3, -0.25) is 14.2 Å². The second-order valence-electron chi connectivity index (χ2n) is 6.65. The fraction of sp³-hybridized carbons (Fsp3) is 0.174. The number of carbonyl (C=O) groups excluding carboxylic acids is 1. The molecule has 0 fully saturated rings. The zero-order chi connectivity index (χ0) is 21.7. The van der Waals surface area contributed by atoms with E-state index in [1.807, 2.05) is 0 Å². The normalized spacial score (nSPS) is 10.7. The lowest BCUT2D eigenvalue weighted by molar-refractivity contribution is -0.127. The Morgan fingerprint density at radius 1 is 1.20 bits per heavy atom. The fourth-order valence-corrected chi connectivity index (χ4v) is 3.88. The lowest BCUT2D eigenvalue weighted by Crippen LogP contribution is -2.33. The van der Waals surface area contributed by atoms with Crippen molar-refractivity contribution < 1.29 is 9.18 Å². The molecule has 3 aromatic rings. The van der Waals surface area contributed by atoms with Gasteiger partial charge in [0.15, 0.2) is 5.16 Å². The van der Waals surface area contributed by atoms with E-state index in [4.69, 9.17) is 0 Å². The Balaban J connectivity index is 2.05. The van der Waals surface area contributed by atoms with Crippen molar-refractivity contribution in [2.45, 2.75) is 12.1 Å². The summed E-state index contributed by atoms with van der Waals surface area (Å²) in [5.74, 6) is -0.479. The van der Waals surface area contributed by atoms with Crippen molar-refractivity contribution in [2.24, 2.45) is 0 Å². The number of hydrogen-bond donors (Lipinski definition) is 0.